The molecule has 1 aromatic rings. The fourth-order valence-electron chi connectivity index (χ4n) is 2.21. The van der Waals surface area contributed by atoms with Gasteiger partial charge in [0.1, 0.15) is 4.60 Å². The molecule has 0 aliphatic carbocycles. The highest BCUT2D eigenvalue weighted by atomic mass is 79.9. The van der Waals surface area contributed by atoms with Crippen LogP contribution in [0.25, 0.3) is 0 Å². The smallest absolute Gasteiger partial charge is 0.255 e. The standard InChI is InChI=1S/C13H17BrN2O2/c1-9-5-6-16(8-11(9)18-2)13(17)10-3-4-12(14)15-7-10/h3-4,7,9,11H,5-6,8H2,1-2H3. The minimum Gasteiger partial charge on any atom is -0.379 e. The molecule has 1 fully saturated rings. The van der Waals surface area contributed by atoms with Crippen LogP contribution < -0.4 is 0 Å². The first-order chi connectivity index (χ1) is 8.61. The van der Waals surface area contributed by atoms with Crippen LogP contribution in [-0.4, -0.2) is 42.1 Å². The lowest BCUT2D eigenvalue weighted by molar-refractivity contribution is -0.00158. The van der Waals surface area contributed by atoms with Gasteiger partial charge in [0.05, 0.1) is 11.7 Å². The lowest BCUT2D eigenvalue weighted by atomic mass is 9.95. The molecule has 1 amide bonds. The first-order valence-corrected chi connectivity index (χ1v) is 6.84. The Hall–Kier alpha value is -0.940. The van der Waals surface area contributed by atoms with E-state index in [2.05, 4.69) is 27.8 Å². The van der Waals surface area contributed by atoms with E-state index in [1.807, 2.05) is 4.90 Å². The molecular formula is C13H17BrN2O2. The molecule has 18 heavy (non-hydrogen) atoms. The van der Waals surface area contributed by atoms with Gasteiger partial charge in [0.25, 0.3) is 5.91 Å². The Kier molecular flexibility index (Phi) is 4.35. The third-order valence-electron chi connectivity index (χ3n) is 3.45. The maximum atomic E-state index is 12.3. The Morgan fingerprint density at radius 3 is 2.94 bits per heavy atom. The van der Waals surface area contributed by atoms with E-state index in [9.17, 15) is 4.79 Å². The predicted octanol–water partition coefficient (Wildman–Crippen LogP) is 2.34. The maximum absolute atomic E-state index is 12.3. The van der Waals surface area contributed by atoms with Crippen LogP contribution in [0.5, 0.6) is 0 Å². The second kappa shape index (κ2) is 5.80. The number of likely N-dealkylation sites (tertiary alicyclic amines) is 1. The van der Waals surface area contributed by atoms with Gasteiger partial charge in [-0.05, 0) is 40.4 Å². The summed E-state index contributed by atoms with van der Waals surface area (Å²) in [4.78, 5) is 18.2. The second-order valence-corrected chi connectivity index (χ2v) is 5.47. The van der Waals surface area contributed by atoms with Crippen LogP contribution in [0.3, 0.4) is 0 Å². The average Bonchev–Trinajstić information content (AvgIpc) is 2.39. The van der Waals surface area contributed by atoms with Gasteiger partial charge in [-0.15, -0.1) is 0 Å². The van der Waals surface area contributed by atoms with Crippen LogP contribution in [0.1, 0.15) is 23.7 Å². The summed E-state index contributed by atoms with van der Waals surface area (Å²) >= 11 is 3.26. The fraction of sp³-hybridized carbons (Fsp3) is 0.538. The molecule has 1 aliphatic rings. The monoisotopic (exact) mass is 312 g/mol. The van der Waals surface area contributed by atoms with Gasteiger partial charge in [0.15, 0.2) is 0 Å². The minimum absolute atomic E-state index is 0.0314. The zero-order chi connectivity index (χ0) is 13.1. The third-order valence-corrected chi connectivity index (χ3v) is 3.92. The van der Waals surface area contributed by atoms with Crippen LogP contribution in [0.2, 0.25) is 0 Å². The average molecular weight is 313 g/mol. The number of piperidine rings is 1. The molecule has 2 atom stereocenters. The van der Waals surface area contributed by atoms with Gasteiger partial charge in [-0.2, -0.15) is 0 Å². The highest BCUT2D eigenvalue weighted by molar-refractivity contribution is 9.10. The van der Waals surface area contributed by atoms with E-state index in [0.29, 0.717) is 18.0 Å². The van der Waals surface area contributed by atoms with Crippen LogP contribution >= 0.6 is 15.9 Å². The van der Waals surface area contributed by atoms with Gasteiger partial charge < -0.3 is 9.64 Å². The third kappa shape index (κ3) is 2.90. The Morgan fingerprint density at radius 2 is 2.33 bits per heavy atom. The summed E-state index contributed by atoms with van der Waals surface area (Å²) in [5.74, 6) is 0.533. The number of rotatable bonds is 2. The Bertz CT molecular complexity index is 422. The maximum Gasteiger partial charge on any atom is 0.255 e. The zero-order valence-electron chi connectivity index (χ0n) is 10.6. The summed E-state index contributed by atoms with van der Waals surface area (Å²) in [5.41, 5.74) is 0.627. The number of halogens is 1. The van der Waals surface area contributed by atoms with Gasteiger partial charge in [0.2, 0.25) is 0 Å². The van der Waals surface area contributed by atoms with E-state index < -0.39 is 0 Å². The van der Waals surface area contributed by atoms with Crippen molar-refractivity contribution in [3.05, 3.63) is 28.5 Å². The molecule has 1 aliphatic heterocycles. The van der Waals surface area contributed by atoms with Crippen LogP contribution in [0.4, 0.5) is 0 Å². The lowest BCUT2D eigenvalue weighted by Gasteiger charge is -2.36. The van der Waals surface area contributed by atoms with Gasteiger partial charge in [-0.25, -0.2) is 4.98 Å². The van der Waals surface area contributed by atoms with E-state index in [4.69, 9.17) is 4.74 Å². The normalized spacial score (nSPS) is 24.1. The molecule has 1 saturated heterocycles. The molecule has 0 aromatic carbocycles. The number of hydrogen-bond acceptors (Lipinski definition) is 3. The van der Waals surface area contributed by atoms with Gasteiger partial charge in [0, 0.05) is 26.4 Å². The van der Waals surface area contributed by atoms with Crippen molar-refractivity contribution in [1.29, 1.82) is 0 Å². The van der Waals surface area contributed by atoms with E-state index >= 15 is 0 Å². The van der Waals surface area contributed by atoms with Crippen molar-refractivity contribution in [3.8, 4) is 0 Å². The molecule has 0 N–H and O–H groups in total. The number of carbonyl (C=O) groups excluding carboxylic acids is 1. The second-order valence-electron chi connectivity index (χ2n) is 4.66. The molecular weight excluding hydrogens is 296 g/mol. The highest BCUT2D eigenvalue weighted by Crippen LogP contribution is 2.21. The molecule has 0 saturated carbocycles. The number of aromatic nitrogens is 1. The van der Waals surface area contributed by atoms with E-state index in [1.54, 1.807) is 25.4 Å². The lowest BCUT2D eigenvalue weighted by Crippen LogP contribution is -2.46. The molecule has 5 heteroatoms. The molecule has 1 aromatic heterocycles. The molecule has 0 spiro atoms. The summed E-state index contributed by atoms with van der Waals surface area (Å²) in [6, 6.07) is 3.58. The fourth-order valence-corrected chi connectivity index (χ4v) is 2.44. The Balaban J connectivity index is 2.07. The number of ether oxygens (including phenoxy) is 1. The molecule has 98 valence electrons. The van der Waals surface area contributed by atoms with Crippen molar-refractivity contribution in [2.24, 2.45) is 5.92 Å². The van der Waals surface area contributed by atoms with E-state index in [0.717, 1.165) is 17.6 Å². The van der Waals surface area contributed by atoms with Crippen molar-refractivity contribution in [1.82, 2.24) is 9.88 Å². The molecule has 0 bridgehead atoms. The number of nitrogens with zero attached hydrogens (tertiary/aromatic N) is 2. The number of pyridine rings is 1. The van der Waals surface area contributed by atoms with Crippen molar-refractivity contribution >= 4 is 21.8 Å². The number of carbonyl (C=O) groups is 1. The van der Waals surface area contributed by atoms with Crippen LogP contribution in [-0.2, 0) is 4.74 Å². The number of hydrogen-bond donors (Lipinski definition) is 0. The van der Waals surface area contributed by atoms with Gasteiger partial charge in [-0.3, -0.25) is 4.79 Å². The first-order valence-electron chi connectivity index (χ1n) is 6.05. The number of amides is 1. The minimum atomic E-state index is 0.0314. The first kappa shape index (κ1) is 13.5. The summed E-state index contributed by atoms with van der Waals surface area (Å²) in [6.45, 7) is 3.61. The molecule has 2 unspecified atom stereocenters. The van der Waals surface area contributed by atoms with Gasteiger partial charge >= 0.3 is 0 Å². The largest absolute Gasteiger partial charge is 0.379 e. The number of methoxy groups -OCH3 is 1. The van der Waals surface area contributed by atoms with Crippen molar-refractivity contribution in [2.75, 3.05) is 20.2 Å². The highest BCUT2D eigenvalue weighted by Gasteiger charge is 2.29. The van der Waals surface area contributed by atoms with E-state index in [1.165, 1.54) is 0 Å². The van der Waals surface area contributed by atoms with Crippen LogP contribution in [0, 0.1) is 5.92 Å². The summed E-state index contributed by atoms with van der Waals surface area (Å²) in [6.07, 6.45) is 2.71. The molecule has 0 radical (unpaired) electrons. The molecule has 4 nitrogen and oxygen atoms in total. The van der Waals surface area contributed by atoms with Crippen LogP contribution in [0.15, 0.2) is 22.9 Å². The van der Waals surface area contributed by atoms with E-state index in [-0.39, 0.29) is 12.0 Å². The summed E-state index contributed by atoms with van der Waals surface area (Å²) in [7, 11) is 1.70. The Morgan fingerprint density at radius 1 is 1.56 bits per heavy atom. The van der Waals surface area contributed by atoms with Crippen molar-refractivity contribution in [2.45, 2.75) is 19.4 Å². The SMILES string of the molecule is COC1CN(C(=O)c2ccc(Br)nc2)CCC1C. The summed E-state index contributed by atoms with van der Waals surface area (Å²) < 4.78 is 6.16. The van der Waals surface area contributed by atoms with Gasteiger partial charge in [-0.1, -0.05) is 6.92 Å². The topological polar surface area (TPSA) is 42.4 Å². The zero-order valence-corrected chi connectivity index (χ0v) is 12.2. The van der Waals surface area contributed by atoms with Crippen molar-refractivity contribution < 1.29 is 9.53 Å². The molecule has 2 heterocycles. The van der Waals surface area contributed by atoms with Crippen molar-refractivity contribution in [3.63, 3.8) is 0 Å². The quantitative estimate of drug-likeness (QED) is 0.787. The molecule has 2 rings (SSSR count). The Labute approximate surface area is 115 Å². The predicted molar refractivity (Wildman–Crippen MR) is 72.4 cm³/mol. The summed E-state index contributed by atoms with van der Waals surface area (Å²) in [5, 5.41) is 0.